The highest BCUT2D eigenvalue weighted by molar-refractivity contribution is 5.95. The SMILES string of the molecule is Cc1cc(C)cc(N2CCN(Cc3cncn3C3CCCCC3)CC2=O)c1. The van der Waals surface area contributed by atoms with Crippen molar-refractivity contribution < 1.29 is 4.79 Å². The largest absolute Gasteiger partial charge is 0.330 e. The van der Waals surface area contributed by atoms with Crippen LogP contribution in [0.3, 0.4) is 0 Å². The van der Waals surface area contributed by atoms with E-state index in [4.69, 9.17) is 0 Å². The van der Waals surface area contributed by atoms with Gasteiger partial charge in [-0.15, -0.1) is 0 Å². The Kier molecular flexibility index (Phi) is 5.30. The Morgan fingerprint density at radius 2 is 1.78 bits per heavy atom. The molecule has 1 saturated carbocycles. The first-order chi connectivity index (χ1) is 13.1. The maximum Gasteiger partial charge on any atom is 0.241 e. The van der Waals surface area contributed by atoms with E-state index in [1.165, 1.54) is 48.9 Å². The van der Waals surface area contributed by atoms with Gasteiger partial charge in [-0.25, -0.2) is 4.98 Å². The standard InChI is InChI=1S/C22H30N4O/c1-17-10-18(2)12-20(11-17)25-9-8-24(15-22(25)27)14-21-13-23-16-26(21)19-6-4-3-5-7-19/h10-13,16,19H,3-9,14-15H2,1-2H3. The van der Waals surface area contributed by atoms with Crippen LogP contribution in [0.5, 0.6) is 0 Å². The third kappa shape index (κ3) is 4.08. The molecule has 2 fully saturated rings. The molecule has 0 radical (unpaired) electrons. The fourth-order valence-corrected chi connectivity index (χ4v) is 4.61. The lowest BCUT2D eigenvalue weighted by molar-refractivity contribution is -0.121. The van der Waals surface area contributed by atoms with Crippen LogP contribution in [0.25, 0.3) is 0 Å². The van der Waals surface area contributed by atoms with Crippen molar-refractivity contribution >= 4 is 11.6 Å². The third-order valence-electron chi connectivity index (χ3n) is 5.92. The zero-order valence-electron chi connectivity index (χ0n) is 16.5. The number of aromatic nitrogens is 2. The maximum absolute atomic E-state index is 12.8. The van der Waals surface area contributed by atoms with E-state index >= 15 is 0 Å². The van der Waals surface area contributed by atoms with Crippen LogP contribution in [0, 0.1) is 13.8 Å². The van der Waals surface area contributed by atoms with Gasteiger partial charge in [-0.1, -0.05) is 25.3 Å². The first-order valence-corrected chi connectivity index (χ1v) is 10.2. The second-order valence-corrected chi connectivity index (χ2v) is 8.19. The molecular weight excluding hydrogens is 336 g/mol. The molecule has 1 aliphatic carbocycles. The van der Waals surface area contributed by atoms with E-state index in [0.29, 0.717) is 12.6 Å². The summed E-state index contributed by atoms with van der Waals surface area (Å²) in [5.41, 5.74) is 4.69. The number of hydrogen-bond donors (Lipinski definition) is 0. The van der Waals surface area contributed by atoms with Crippen LogP contribution in [0.15, 0.2) is 30.7 Å². The molecular formula is C22H30N4O. The number of amides is 1. The molecule has 0 N–H and O–H groups in total. The molecule has 1 saturated heterocycles. The lowest BCUT2D eigenvalue weighted by Crippen LogP contribution is -2.50. The lowest BCUT2D eigenvalue weighted by atomic mass is 9.95. The molecule has 2 aromatic rings. The number of anilines is 1. The Morgan fingerprint density at radius 1 is 1.04 bits per heavy atom. The Balaban J connectivity index is 1.42. The molecule has 144 valence electrons. The van der Waals surface area contributed by atoms with Crippen LogP contribution in [-0.2, 0) is 11.3 Å². The van der Waals surface area contributed by atoms with Crippen molar-refractivity contribution in [2.75, 3.05) is 24.5 Å². The van der Waals surface area contributed by atoms with Crippen LogP contribution in [-0.4, -0.2) is 40.0 Å². The molecule has 0 bridgehead atoms. The molecule has 0 atom stereocenters. The minimum absolute atomic E-state index is 0.190. The van der Waals surface area contributed by atoms with Gasteiger partial charge in [0.1, 0.15) is 0 Å². The molecule has 0 spiro atoms. The lowest BCUT2D eigenvalue weighted by Gasteiger charge is -2.35. The number of piperazine rings is 1. The van der Waals surface area contributed by atoms with E-state index in [2.05, 4.69) is 46.5 Å². The van der Waals surface area contributed by atoms with E-state index in [1.54, 1.807) is 0 Å². The van der Waals surface area contributed by atoms with E-state index < -0.39 is 0 Å². The highest BCUT2D eigenvalue weighted by atomic mass is 16.2. The van der Waals surface area contributed by atoms with Gasteiger partial charge >= 0.3 is 0 Å². The molecule has 1 aliphatic heterocycles. The number of rotatable bonds is 4. The Morgan fingerprint density at radius 3 is 2.48 bits per heavy atom. The summed E-state index contributed by atoms with van der Waals surface area (Å²) >= 11 is 0. The van der Waals surface area contributed by atoms with Gasteiger partial charge < -0.3 is 9.47 Å². The molecule has 1 aromatic carbocycles. The topological polar surface area (TPSA) is 41.4 Å². The first-order valence-electron chi connectivity index (χ1n) is 10.2. The second-order valence-electron chi connectivity index (χ2n) is 8.19. The fraction of sp³-hybridized carbons (Fsp3) is 0.545. The van der Waals surface area contributed by atoms with Crippen molar-refractivity contribution in [1.82, 2.24) is 14.5 Å². The maximum atomic E-state index is 12.8. The van der Waals surface area contributed by atoms with Gasteiger partial charge in [-0.05, 0) is 49.9 Å². The average Bonchev–Trinajstić information content (AvgIpc) is 3.10. The molecule has 27 heavy (non-hydrogen) atoms. The number of imidazole rings is 1. The van der Waals surface area contributed by atoms with Crippen molar-refractivity contribution in [3.8, 4) is 0 Å². The second kappa shape index (κ2) is 7.85. The minimum atomic E-state index is 0.190. The normalized spacial score (nSPS) is 19.6. The smallest absolute Gasteiger partial charge is 0.241 e. The Hall–Kier alpha value is -2.14. The summed E-state index contributed by atoms with van der Waals surface area (Å²) in [5, 5.41) is 0. The van der Waals surface area contributed by atoms with Gasteiger partial charge in [0.15, 0.2) is 0 Å². The summed E-state index contributed by atoms with van der Waals surface area (Å²) in [4.78, 5) is 21.4. The number of benzene rings is 1. The van der Waals surface area contributed by atoms with E-state index in [9.17, 15) is 4.79 Å². The predicted molar refractivity (Wildman–Crippen MR) is 108 cm³/mol. The van der Waals surface area contributed by atoms with Crippen LogP contribution in [0.1, 0.15) is 55.0 Å². The predicted octanol–water partition coefficient (Wildman–Crippen LogP) is 3.85. The van der Waals surface area contributed by atoms with Gasteiger partial charge in [-0.2, -0.15) is 0 Å². The van der Waals surface area contributed by atoms with Crippen molar-refractivity contribution in [2.45, 2.75) is 58.5 Å². The minimum Gasteiger partial charge on any atom is -0.330 e. The van der Waals surface area contributed by atoms with Crippen LogP contribution < -0.4 is 4.90 Å². The zero-order valence-corrected chi connectivity index (χ0v) is 16.5. The first kappa shape index (κ1) is 18.2. The summed E-state index contributed by atoms with van der Waals surface area (Å²) in [6.07, 6.45) is 10.5. The molecule has 2 aliphatic rings. The third-order valence-corrected chi connectivity index (χ3v) is 5.92. The van der Waals surface area contributed by atoms with E-state index in [1.807, 2.05) is 17.4 Å². The number of nitrogens with zero attached hydrogens (tertiary/aromatic N) is 4. The highest BCUT2D eigenvalue weighted by Crippen LogP contribution is 2.29. The van der Waals surface area contributed by atoms with Crippen LogP contribution in [0.4, 0.5) is 5.69 Å². The monoisotopic (exact) mass is 366 g/mol. The van der Waals surface area contributed by atoms with E-state index in [0.717, 1.165) is 25.3 Å². The molecule has 4 rings (SSSR count). The van der Waals surface area contributed by atoms with E-state index in [-0.39, 0.29) is 5.91 Å². The van der Waals surface area contributed by atoms with Crippen LogP contribution in [0.2, 0.25) is 0 Å². The summed E-state index contributed by atoms with van der Waals surface area (Å²) in [6.45, 7) is 7.10. The van der Waals surface area contributed by atoms with Gasteiger partial charge in [0, 0.05) is 37.6 Å². The van der Waals surface area contributed by atoms with Gasteiger partial charge in [0.25, 0.3) is 0 Å². The summed E-state index contributed by atoms with van der Waals surface area (Å²) < 4.78 is 2.36. The highest BCUT2D eigenvalue weighted by Gasteiger charge is 2.26. The quantitative estimate of drug-likeness (QED) is 0.825. The number of carbonyl (C=O) groups excluding carboxylic acids is 1. The van der Waals surface area contributed by atoms with Crippen LogP contribution >= 0.6 is 0 Å². The molecule has 1 amide bonds. The molecule has 0 unspecified atom stereocenters. The fourth-order valence-electron chi connectivity index (χ4n) is 4.61. The van der Waals surface area contributed by atoms with Gasteiger partial charge in [0.2, 0.25) is 5.91 Å². The molecule has 5 heteroatoms. The Labute approximate surface area is 162 Å². The average molecular weight is 367 g/mol. The molecule has 1 aromatic heterocycles. The number of carbonyl (C=O) groups is 1. The van der Waals surface area contributed by atoms with Gasteiger partial charge in [-0.3, -0.25) is 9.69 Å². The number of hydrogen-bond acceptors (Lipinski definition) is 3. The van der Waals surface area contributed by atoms with Gasteiger partial charge in [0.05, 0.1) is 18.6 Å². The summed E-state index contributed by atoms with van der Waals surface area (Å²) in [6, 6.07) is 6.96. The molecule has 2 heterocycles. The molecule has 5 nitrogen and oxygen atoms in total. The zero-order chi connectivity index (χ0) is 18.8. The van der Waals surface area contributed by atoms with Crippen molar-refractivity contribution in [3.05, 3.63) is 47.5 Å². The van der Waals surface area contributed by atoms with Crippen molar-refractivity contribution in [3.63, 3.8) is 0 Å². The van der Waals surface area contributed by atoms with Crippen molar-refractivity contribution in [1.29, 1.82) is 0 Å². The Bertz CT molecular complexity index is 786. The summed E-state index contributed by atoms with van der Waals surface area (Å²) in [5.74, 6) is 0.190. The van der Waals surface area contributed by atoms with Crippen molar-refractivity contribution in [2.24, 2.45) is 0 Å². The summed E-state index contributed by atoms with van der Waals surface area (Å²) in [7, 11) is 0. The number of aryl methyl sites for hydroxylation is 2.